The number of aromatic hydroxyl groups is 1. The van der Waals surface area contributed by atoms with Gasteiger partial charge in [-0.1, -0.05) is 31.7 Å². The van der Waals surface area contributed by atoms with Gasteiger partial charge in [0.2, 0.25) is 0 Å². The fraction of sp³-hybridized carbons (Fsp3) is 0.625. The van der Waals surface area contributed by atoms with E-state index >= 15 is 0 Å². The molecule has 19 heavy (non-hydrogen) atoms. The lowest BCUT2D eigenvalue weighted by Gasteiger charge is -2.16. The number of hydrogen-bond donors (Lipinski definition) is 2. The molecule has 0 heterocycles. The summed E-state index contributed by atoms with van der Waals surface area (Å²) < 4.78 is 5.41. The van der Waals surface area contributed by atoms with E-state index in [1.807, 2.05) is 19.1 Å². The SMILES string of the molecule is CCOc1cc(CNC2CCCCCC2)ccc1O. The smallest absolute Gasteiger partial charge is 0.161 e. The van der Waals surface area contributed by atoms with Gasteiger partial charge in [0.1, 0.15) is 0 Å². The van der Waals surface area contributed by atoms with Crippen molar-refractivity contribution in [1.29, 1.82) is 0 Å². The van der Waals surface area contributed by atoms with Gasteiger partial charge in [0.05, 0.1) is 6.61 Å². The molecule has 1 fully saturated rings. The number of phenolic OH excluding ortho intramolecular Hbond substituents is 1. The monoisotopic (exact) mass is 263 g/mol. The molecule has 0 bridgehead atoms. The second-order valence-corrected chi connectivity index (χ2v) is 5.30. The molecular weight excluding hydrogens is 238 g/mol. The zero-order chi connectivity index (χ0) is 13.5. The third-order valence-electron chi connectivity index (χ3n) is 3.77. The first-order valence-electron chi connectivity index (χ1n) is 7.47. The van der Waals surface area contributed by atoms with Gasteiger partial charge < -0.3 is 15.2 Å². The number of nitrogens with one attached hydrogen (secondary N) is 1. The van der Waals surface area contributed by atoms with E-state index in [4.69, 9.17) is 4.74 Å². The van der Waals surface area contributed by atoms with Crippen molar-refractivity contribution < 1.29 is 9.84 Å². The van der Waals surface area contributed by atoms with Crippen LogP contribution in [0.5, 0.6) is 11.5 Å². The normalized spacial score (nSPS) is 17.1. The van der Waals surface area contributed by atoms with Gasteiger partial charge in [0, 0.05) is 12.6 Å². The molecule has 0 unspecified atom stereocenters. The van der Waals surface area contributed by atoms with E-state index < -0.39 is 0 Å². The molecule has 3 heteroatoms. The predicted octanol–water partition coefficient (Wildman–Crippen LogP) is 3.60. The standard InChI is InChI=1S/C16H25NO2/c1-2-19-16-11-13(9-10-15(16)18)12-17-14-7-5-3-4-6-8-14/h9-11,14,17-18H,2-8,12H2,1H3. The zero-order valence-electron chi connectivity index (χ0n) is 11.8. The van der Waals surface area contributed by atoms with Crippen LogP contribution in [-0.4, -0.2) is 17.8 Å². The molecule has 1 aromatic rings. The lowest BCUT2D eigenvalue weighted by molar-refractivity contribution is 0.317. The minimum Gasteiger partial charge on any atom is -0.504 e. The summed E-state index contributed by atoms with van der Waals surface area (Å²) in [4.78, 5) is 0. The van der Waals surface area contributed by atoms with Gasteiger partial charge in [0.25, 0.3) is 0 Å². The summed E-state index contributed by atoms with van der Waals surface area (Å²) in [5.41, 5.74) is 1.17. The Bertz CT molecular complexity index is 384. The van der Waals surface area contributed by atoms with E-state index in [9.17, 15) is 5.11 Å². The molecule has 106 valence electrons. The summed E-state index contributed by atoms with van der Waals surface area (Å²) in [6, 6.07) is 6.26. The Morgan fingerprint density at radius 1 is 1.21 bits per heavy atom. The molecule has 2 rings (SSSR count). The van der Waals surface area contributed by atoms with Crippen LogP contribution in [0, 0.1) is 0 Å². The van der Waals surface area contributed by atoms with Crippen molar-refractivity contribution in [2.24, 2.45) is 0 Å². The van der Waals surface area contributed by atoms with E-state index in [1.165, 1.54) is 44.1 Å². The van der Waals surface area contributed by atoms with Crippen molar-refractivity contribution in [3.63, 3.8) is 0 Å². The molecule has 1 saturated carbocycles. The van der Waals surface area contributed by atoms with Gasteiger partial charge in [-0.2, -0.15) is 0 Å². The molecule has 1 aromatic carbocycles. The van der Waals surface area contributed by atoms with Crippen LogP contribution in [0.1, 0.15) is 51.0 Å². The van der Waals surface area contributed by atoms with Crippen LogP contribution in [0.25, 0.3) is 0 Å². The minimum atomic E-state index is 0.222. The molecule has 2 N–H and O–H groups in total. The Labute approximate surface area is 116 Å². The number of benzene rings is 1. The van der Waals surface area contributed by atoms with Gasteiger partial charge in [-0.3, -0.25) is 0 Å². The third-order valence-corrected chi connectivity index (χ3v) is 3.77. The largest absolute Gasteiger partial charge is 0.504 e. The van der Waals surface area contributed by atoms with Crippen molar-refractivity contribution >= 4 is 0 Å². The maximum atomic E-state index is 9.67. The molecule has 0 amide bonds. The molecule has 0 saturated heterocycles. The van der Waals surface area contributed by atoms with Gasteiger partial charge in [-0.15, -0.1) is 0 Å². The number of rotatable bonds is 5. The lowest BCUT2D eigenvalue weighted by atomic mass is 10.1. The fourth-order valence-corrected chi connectivity index (χ4v) is 2.69. The molecule has 0 aliphatic heterocycles. The molecule has 0 atom stereocenters. The Kier molecular flexibility index (Phi) is 5.52. The minimum absolute atomic E-state index is 0.222. The van der Waals surface area contributed by atoms with Gasteiger partial charge in [-0.25, -0.2) is 0 Å². The molecule has 0 spiro atoms. The van der Waals surface area contributed by atoms with E-state index in [-0.39, 0.29) is 5.75 Å². The van der Waals surface area contributed by atoms with Crippen molar-refractivity contribution in [2.45, 2.75) is 58.0 Å². The maximum Gasteiger partial charge on any atom is 0.161 e. The summed E-state index contributed by atoms with van der Waals surface area (Å²) in [6.45, 7) is 3.36. The summed E-state index contributed by atoms with van der Waals surface area (Å²) in [7, 11) is 0. The first-order valence-corrected chi connectivity index (χ1v) is 7.47. The quantitative estimate of drug-likeness (QED) is 0.797. The van der Waals surface area contributed by atoms with Crippen LogP contribution in [0.2, 0.25) is 0 Å². The highest BCUT2D eigenvalue weighted by atomic mass is 16.5. The third kappa shape index (κ3) is 4.43. The van der Waals surface area contributed by atoms with E-state index in [2.05, 4.69) is 5.32 Å². The van der Waals surface area contributed by atoms with Crippen molar-refractivity contribution in [3.05, 3.63) is 23.8 Å². The maximum absolute atomic E-state index is 9.67. The fourth-order valence-electron chi connectivity index (χ4n) is 2.69. The van der Waals surface area contributed by atoms with E-state index in [1.54, 1.807) is 6.07 Å². The van der Waals surface area contributed by atoms with Crippen LogP contribution in [-0.2, 0) is 6.54 Å². The first-order chi connectivity index (χ1) is 9.29. The van der Waals surface area contributed by atoms with Crippen LogP contribution in [0.4, 0.5) is 0 Å². The van der Waals surface area contributed by atoms with Gasteiger partial charge in [0.15, 0.2) is 11.5 Å². The topological polar surface area (TPSA) is 41.5 Å². The van der Waals surface area contributed by atoms with E-state index in [0.29, 0.717) is 18.4 Å². The zero-order valence-corrected chi connectivity index (χ0v) is 11.8. The molecule has 3 nitrogen and oxygen atoms in total. The number of ether oxygens (including phenoxy) is 1. The molecule has 1 aliphatic rings. The second-order valence-electron chi connectivity index (χ2n) is 5.30. The summed E-state index contributed by atoms with van der Waals surface area (Å²) in [5, 5.41) is 13.3. The Hall–Kier alpha value is -1.22. The summed E-state index contributed by atoms with van der Waals surface area (Å²) in [5.74, 6) is 0.808. The van der Waals surface area contributed by atoms with E-state index in [0.717, 1.165) is 6.54 Å². The average Bonchev–Trinajstić information content (AvgIpc) is 2.68. The summed E-state index contributed by atoms with van der Waals surface area (Å²) in [6.07, 6.45) is 8.03. The lowest BCUT2D eigenvalue weighted by Crippen LogP contribution is -2.27. The van der Waals surface area contributed by atoms with Gasteiger partial charge >= 0.3 is 0 Å². The predicted molar refractivity (Wildman–Crippen MR) is 77.6 cm³/mol. The van der Waals surface area contributed by atoms with Crippen molar-refractivity contribution in [1.82, 2.24) is 5.32 Å². The highest BCUT2D eigenvalue weighted by Crippen LogP contribution is 2.27. The molecular formula is C16H25NO2. The van der Waals surface area contributed by atoms with Crippen molar-refractivity contribution in [2.75, 3.05) is 6.61 Å². The first kappa shape index (κ1) is 14.2. The van der Waals surface area contributed by atoms with Crippen LogP contribution in [0.15, 0.2) is 18.2 Å². The highest BCUT2D eigenvalue weighted by Gasteiger charge is 2.11. The number of phenols is 1. The van der Waals surface area contributed by atoms with Gasteiger partial charge in [-0.05, 0) is 37.5 Å². The molecule has 0 aromatic heterocycles. The summed E-state index contributed by atoms with van der Waals surface area (Å²) >= 11 is 0. The molecule has 0 radical (unpaired) electrons. The average molecular weight is 263 g/mol. The number of hydrogen-bond acceptors (Lipinski definition) is 3. The van der Waals surface area contributed by atoms with Crippen LogP contribution < -0.4 is 10.1 Å². The second kappa shape index (κ2) is 7.39. The van der Waals surface area contributed by atoms with Crippen LogP contribution in [0.3, 0.4) is 0 Å². The van der Waals surface area contributed by atoms with Crippen LogP contribution >= 0.6 is 0 Å². The van der Waals surface area contributed by atoms with Crippen molar-refractivity contribution in [3.8, 4) is 11.5 Å². The Balaban J connectivity index is 1.89. The highest BCUT2D eigenvalue weighted by molar-refractivity contribution is 5.41. The Morgan fingerprint density at radius 3 is 2.63 bits per heavy atom. The Morgan fingerprint density at radius 2 is 1.95 bits per heavy atom. The molecule has 1 aliphatic carbocycles.